The molecule has 1 heterocycles. The first kappa shape index (κ1) is 15.0. The number of nitrogens with zero attached hydrogens (tertiary/aromatic N) is 1. The molecule has 0 bridgehead atoms. The number of halogens is 1. The van der Waals surface area contributed by atoms with E-state index in [9.17, 15) is 5.11 Å². The largest absolute Gasteiger partial charge is 0.389 e. The van der Waals surface area contributed by atoms with Gasteiger partial charge >= 0.3 is 0 Å². The summed E-state index contributed by atoms with van der Waals surface area (Å²) >= 11 is 3.52. The predicted octanol–water partition coefficient (Wildman–Crippen LogP) is 2.68. The van der Waals surface area contributed by atoms with Crippen molar-refractivity contribution in [2.24, 2.45) is 5.73 Å². The first-order valence-electron chi connectivity index (χ1n) is 6.86. The molecule has 1 aliphatic rings. The Labute approximate surface area is 123 Å². The second kappa shape index (κ2) is 5.92. The quantitative estimate of drug-likeness (QED) is 0.897. The van der Waals surface area contributed by atoms with Crippen LogP contribution >= 0.6 is 15.9 Å². The van der Waals surface area contributed by atoms with Crippen LogP contribution in [0.3, 0.4) is 0 Å². The van der Waals surface area contributed by atoms with Gasteiger partial charge in [-0.2, -0.15) is 0 Å². The highest BCUT2D eigenvalue weighted by molar-refractivity contribution is 9.10. The summed E-state index contributed by atoms with van der Waals surface area (Å²) < 4.78 is 1.07. The molecule has 4 heteroatoms. The molecular formula is C15H23BrN2O. The van der Waals surface area contributed by atoms with Crippen LogP contribution in [0.2, 0.25) is 0 Å². The van der Waals surface area contributed by atoms with Crippen LogP contribution in [0.15, 0.2) is 28.7 Å². The van der Waals surface area contributed by atoms with E-state index in [4.69, 9.17) is 5.73 Å². The minimum atomic E-state index is -0.600. The van der Waals surface area contributed by atoms with Crippen molar-refractivity contribution in [1.82, 2.24) is 4.90 Å². The summed E-state index contributed by atoms with van der Waals surface area (Å²) in [6, 6.07) is 8.48. The number of aliphatic hydroxyl groups is 1. The number of hydrogen-bond donors (Lipinski definition) is 2. The molecule has 106 valence electrons. The Morgan fingerprint density at radius 1 is 1.47 bits per heavy atom. The SMILES string of the molecule is CC(N)C(c1cccc(Br)c1)N1CCCC(C)(O)C1. The van der Waals surface area contributed by atoms with Gasteiger partial charge in [-0.3, -0.25) is 4.90 Å². The first-order chi connectivity index (χ1) is 8.89. The van der Waals surface area contributed by atoms with Crippen LogP contribution in [0.25, 0.3) is 0 Å². The molecule has 0 amide bonds. The zero-order chi connectivity index (χ0) is 14.0. The van der Waals surface area contributed by atoms with Crippen molar-refractivity contribution in [2.75, 3.05) is 13.1 Å². The van der Waals surface area contributed by atoms with Crippen molar-refractivity contribution in [1.29, 1.82) is 0 Å². The second-order valence-electron chi connectivity index (χ2n) is 5.93. The summed E-state index contributed by atoms with van der Waals surface area (Å²) in [5, 5.41) is 10.3. The molecule has 0 saturated carbocycles. The number of likely N-dealkylation sites (tertiary alicyclic amines) is 1. The molecule has 19 heavy (non-hydrogen) atoms. The van der Waals surface area contributed by atoms with Crippen LogP contribution in [0.5, 0.6) is 0 Å². The van der Waals surface area contributed by atoms with Crippen LogP contribution in [0, 0.1) is 0 Å². The van der Waals surface area contributed by atoms with Gasteiger partial charge in [0.05, 0.1) is 5.60 Å². The van der Waals surface area contributed by atoms with Gasteiger partial charge in [0.1, 0.15) is 0 Å². The maximum atomic E-state index is 10.3. The molecule has 1 aliphatic heterocycles. The third kappa shape index (κ3) is 3.78. The van der Waals surface area contributed by atoms with E-state index in [2.05, 4.69) is 33.0 Å². The molecule has 3 unspecified atom stereocenters. The Bertz CT molecular complexity index is 434. The summed E-state index contributed by atoms with van der Waals surface area (Å²) in [5.74, 6) is 0. The number of benzene rings is 1. The Morgan fingerprint density at radius 3 is 2.79 bits per heavy atom. The van der Waals surface area contributed by atoms with Gasteiger partial charge in [-0.15, -0.1) is 0 Å². The molecule has 0 radical (unpaired) electrons. The van der Waals surface area contributed by atoms with E-state index in [0.29, 0.717) is 6.54 Å². The fourth-order valence-electron chi connectivity index (χ4n) is 3.03. The number of piperidine rings is 1. The minimum Gasteiger partial charge on any atom is -0.389 e. The lowest BCUT2D eigenvalue weighted by Crippen LogP contribution is -2.50. The third-order valence-corrected chi connectivity index (χ3v) is 4.28. The van der Waals surface area contributed by atoms with E-state index in [1.807, 2.05) is 26.0 Å². The highest BCUT2D eigenvalue weighted by Gasteiger charge is 2.34. The van der Waals surface area contributed by atoms with E-state index in [1.165, 1.54) is 5.56 Å². The van der Waals surface area contributed by atoms with E-state index in [0.717, 1.165) is 23.9 Å². The molecule has 1 aromatic rings. The summed E-state index contributed by atoms with van der Waals surface area (Å²) in [6.45, 7) is 5.63. The topological polar surface area (TPSA) is 49.5 Å². The smallest absolute Gasteiger partial charge is 0.0746 e. The second-order valence-corrected chi connectivity index (χ2v) is 6.85. The molecule has 0 aromatic heterocycles. The standard InChI is InChI=1S/C15H23BrN2O/c1-11(17)14(12-5-3-6-13(16)9-12)18-8-4-7-15(2,19)10-18/h3,5-6,9,11,14,19H,4,7-8,10,17H2,1-2H3. The van der Waals surface area contributed by atoms with Crippen molar-refractivity contribution in [3.05, 3.63) is 34.3 Å². The Balaban J connectivity index is 2.25. The maximum absolute atomic E-state index is 10.3. The Morgan fingerprint density at radius 2 is 2.21 bits per heavy atom. The van der Waals surface area contributed by atoms with Crippen molar-refractivity contribution in [2.45, 2.75) is 44.4 Å². The monoisotopic (exact) mass is 326 g/mol. The molecule has 3 N–H and O–H groups in total. The van der Waals surface area contributed by atoms with Crippen molar-refractivity contribution < 1.29 is 5.11 Å². The zero-order valence-electron chi connectivity index (χ0n) is 11.6. The van der Waals surface area contributed by atoms with Gasteiger partial charge in [0.15, 0.2) is 0 Å². The minimum absolute atomic E-state index is 0.0307. The molecule has 0 spiro atoms. The molecule has 2 rings (SSSR count). The third-order valence-electron chi connectivity index (χ3n) is 3.79. The highest BCUT2D eigenvalue weighted by atomic mass is 79.9. The molecule has 0 aliphatic carbocycles. The summed E-state index contributed by atoms with van der Waals surface area (Å²) in [4.78, 5) is 2.32. The summed E-state index contributed by atoms with van der Waals surface area (Å²) in [7, 11) is 0. The van der Waals surface area contributed by atoms with E-state index < -0.39 is 5.60 Å². The lowest BCUT2D eigenvalue weighted by atomic mass is 9.90. The average Bonchev–Trinajstić information content (AvgIpc) is 2.27. The maximum Gasteiger partial charge on any atom is 0.0746 e. The molecule has 1 aromatic carbocycles. The van der Waals surface area contributed by atoms with Crippen LogP contribution < -0.4 is 5.73 Å². The van der Waals surface area contributed by atoms with E-state index in [-0.39, 0.29) is 12.1 Å². The average molecular weight is 327 g/mol. The predicted molar refractivity (Wildman–Crippen MR) is 82.0 cm³/mol. The van der Waals surface area contributed by atoms with Gasteiger partial charge in [0.2, 0.25) is 0 Å². The molecule has 1 fully saturated rings. The van der Waals surface area contributed by atoms with Gasteiger partial charge in [-0.1, -0.05) is 28.1 Å². The van der Waals surface area contributed by atoms with Crippen molar-refractivity contribution in [3.63, 3.8) is 0 Å². The lowest BCUT2D eigenvalue weighted by molar-refractivity contribution is -0.0333. The van der Waals surface area contributed by atoms with Gasteiger partial charge in [0.25, 0.3) is 0 Å². The van der Waals surface area contributed by atoms with E-state index >= 15 is 0 Å². The van der Waals surface area contributed by atoms with Crippen LogP contribution in [-0.4, -0.2) is 34.7 Å². The fourth-order valence-corrected chi connectivity index (χ4v) is 3.45. The number of rotatable bonds is 3. The summed E-state index contributed by atoms with van der Waals surface area (Å²) in [6.07, 6.45) is 1.89. The summed E-state index contributed by atoms with van der Waals surface area (Å²) in [5.41, 5.74) is 6.81. The number of nitrogens with two attached hydrogens (primary N) is 1. The van der Waals surface area contributed by atoms with Crippen LogP contribution in [-0.2, 0) is 0 Å². The Hall–Kier alpha value is -0.420. The van der Waals surface area contributed by atoms with Crippen LogP contribution in [0.4, 0.5) is 0 Å². The fraction of sp³-hybridized carbons (Fsp3) is 0.600. The van der Waals surface area contributed by atoms with Crippen LogP contribution in [0.1, 0.15) is 38.3 Å². The molecule has 3 atom stereocenters. The van der Waals surface area contributed by atoms with Gasteiger partial charge in [0, 0.05) is 23.1 Å². The lowest BCUT2D eigenvalue weighted by Gasteiger charge is -2.43. The number of hydrogen-bond acceptors (Lipinski definition) is 3. The Kier molecular flexibility index (Phi) is 4.66. The zero-order valence-corrected chi connectivity index (χ0v) is 13.2. The number of β-amino-alcohol motifs (C(OH)–C–C–N with tert-alkyl or cyclic N) is 1. The van der Waals surface area contributed by atoms with Crippen molar-refractivity contribution >= 4 is 15.9 Å². The van der Waals surface area contributed by atoms with Gasteiger partial charge in [-0.25, -0.2) is 0 Å². The highest BCUT2D eigenvalue weighted by Crippen LogP contribution is 2.31. The van der Waals surface area contributed by atoms with E-state index in [1.54, 1.807) is 0 Å². The molecule has 1 saturated heterocycles. The molecular weight excluding hydrogens is 304 g/mol. The van der Waals surface area contributed by atoms with Crippen molar-refractivity contribution in [3.8, 4) is 0 Å². The van der Waals surface area contributed by atoms with Gasteiger partial charge in [-0.05, 0) is 50.9 Å². The molecule has 3 nitrogen and oxygen atoms in total. The van der Waals surface area contributed by atoms with Gasteiger partial charge < -0.3 is 10.8 Å². The first-order valence-corrected chi connectivity index (χ1v) is 7.66. The normalized spacial score (nSPS) is 28.1.